The number of para-hydroxylation sites is 1. The van der Waals surface area contributed by atoms with Crippen LogP contribution in [0.5, 0.6) is 0 Å². The molecule has 2 atom stereocenters. The summed E-state index contributed by atoms with van der Waals surface area (Å²) in [5.41, 5.74) is 0.230. The second-order valence-corrected chi connectivity index (χ2v) is 8.04. The molecule has 1 aliphatic heterocycles. The maximum absolute atomic E-state index is 12.9. The van der Waals surface area contributed by atoms with E-state index >= 15 is 0 Å². The van der Waals surface area contributed by atoms with E-state index in [1.807, 2.05) is 4.90 Å². The van der Waals surface area contributed by atoms with Crippen molar-refractivity contribution in [2.24, 2.45) is 0 Å². The van der Waals surface area contributed by atoms with Crippen molar-refractivity contribution >= 4 is 34.5 Å². The molecule has 2 heterocycles. The van der Waals surface area contributed by atoms with Gasteiger partial charge in [0.05, 0.1) is 23.8 Å². The predicted molar refractivity (Wildman–Crippen MR) is 108 cm³/mol. The molecule has 7 nitrogen and oxygen atoms in total. The Morgan fingerprint density at radius 3 is 2.57 bits per heavy atom. The average Bonchev–Trinajstić information content (AvgIpc) is 2.68. The van der Waals surface area contributed by atoms with Crippen molar-refractivity contribution < 1.29 is 14.3 Å². The van der Waals surface area contributed by atoms with Gasteiger partial charge in [-0.15, -0.1) is 0 Å². The first-order valence-electron chi connectivity index (χ1n) is 9.42. The third-order valence-electron chi connectivity index (χ3n) is 5.15. The highest BCUT2D eigenvalue weighted by Gasteiger charge is 2.29. The zero-order chi connectivity index (χ0) is 20.3. The van der Waals surface area contributed by atoms with E-state index in [-0.39, 0.29) is 35.8 Å². The summed E-state index contributed by atoms with van der Waals surface area (Å²) in [6.45, 7) is 3.90. The van der Waals surface area contributed by atoms with Gasteiger partial charge in [-0.25, -0.2) is 4.98 Å². The molecule has 0 aliphatic carbocycles. The van der Waals surface area contributed by atoms with Crippen molar-refractivity contribution in [2.45, 2.75) is 56.9 Å². The minimum Gasteiger partial charge on any atom is -0.468 e. The largest absolute Gasteiger partial charge is 0.468 e. The van der Waals surface area contributed by atoms with Gasteiger partial charge in [-0.1, -0.05) is 23.9 Å². The first kappa shape index (κ1) is 20.4. The Bertz CT molecular complexity index is 933. The van der Waals surface area contributed by atoms with Gasteiger partial charge in [-0.3, -0.25) is 19.0 Å². The Balaban J connectivity index is 1.88. The summed E-state index contributed by atoms with van der Waals surface area (Å²) in [7, 11) is 1.28. The predicted octanol–water partition coefficient (Wildman–Crippen LogP) is 2.45. The van der Waals surface area contributed by atoms with Crippen molar-refractivity contribution in [3.05, 3.63) is 34.6 Å². The highest BCUT2D eigenvalue weighted by Crippen LogP contribution is 2.25. The summed E-state index contributed by atoms with van der Waals surface area (Å²) in [6, 6.07) is 7.39. The number of hydrogen-bond acceptors (Lipinski definition) is 6. The van der Waals surface area contributed by atoms with Gasteiger partial charge in [-0.2, -0.15) is 0 Å². The van der Waals surface area contributed by atoms with Crippen molar-refractivity contribution in [1.29, 1.82) is 0 Å². The Labute approximate surface area is 168 Å². The molecule has 0 radical (unpaired) electrons. The van der Waals surface area contributed by atoms with Crippen LogP contribution in [0, 0.1) is 0 Å². The molecule has 0 unspecified atom stereocenters. The smallest absolute Gasteiger partial charge is 0.325 e. The molecule has 1 amide bonds. The number of esters is 1. The van der Waals surface area contributed by atoms with E-state index in [2.05, 4.69) is 18.8 Å². The monoisotopic (exact) mass is 403 g/mol. The Hall–Kier alpha value is -2.35. The normalized spacial score (nSPS) is 19.6. The van der Waals surface area contributed by atoms with Crippen LogP contribution in [0.2, 0.25) is 0 Å². The van der Waals surface area contributed by atoms with Crippen molar-refractivity contribution in [1.82, 2.24) is 14.5 Å². The Morgan fingerprint density at radius 1 is 1.21 bits per heavy atom. The highest BCUT2D eigenvalue weighted by molar-refractivity contribution is 7.99. The van der Waals surface area contributed by atoms with Crippen LogP contribution in [-0.2, 0) is 20.9 Å². The van der Waals surface area contributed by atoms with Crippen LogP contribution in [-0.4, -0.2) is 51.3 Å². The maximum atomic E-state index is 12.9. The number of hydrogen-bond donors (Lipinski definition) is 0. The fourth-order valence-corrected chi connectivity index (χ4v) is 4.57. The van der Waals surface area contributed by atoms with E-state index in [1.54, 1.807) is 24.3 Å². The van der Waals surface area contributed by atoms with Crippen LogP contribution in [0.1, 0.15) is 33.1 Å². The van der Waals surface area contributed by atoms with Crippen LogP contribution in [0.15, 0.2) is 34.2 Å². The number of ether oxygens (including phenoxy) is 1. The molecule has 8 heteroatoms. The molecule has 1 fully saturated rings. The van der Waals surface area contributed by atoms with E-state index in [9.17, 15) is 14.4 Å². The molecular weight excluding hydrogens is 378 g/mol. The summed E-state index contributed by atoms with van der Waals surface area (Å²) in [5.74, 6) is -0.344. The van der Waals surface area contributed by atoms with E-state index in [0.29, 0.717) is 16.1 Å². The SMILES string of the molecule is COC(=O)Cn1c(SCC(=O)N2[C@@H](C)CCC[C@@H]2C)nc2ccccc2c1=O. The maximum Gasteiger partial charge on any atom is 0.325 e. The molecule has 1 aromatic carbocycles. The van der Waals surface area contributed by atoms with Gasteiger partial charge in [0, 0.05) is 12.1 Å². The number of likely N-dealkylation sites (tertiary alicyclic amines) is 1. The van der Waals surface area contributed by atoms with E-state index in [0.717, 1.165) is 19.3 Å². The highest BCUT2D eigenvalue weighted by atomic mass is 32.2. The molecule has 0 spiro atoms. The number of methoxy groups -OCH3 is 1. The number of piperidine rings is 1. The van der Waals surface area contributed by atoms with Gasteiger partial charge in [0.15, 0.2) is 5.16 Å². The third-order valence-corrected chi connectivity index (χ3v) is 6.11. The average molecular weight is 404 g/mol. The lowest BCUT2D eigenvalue weighted by Gasteiger charge is -2.39. The second kappa shape index (κ2) is 8.77. The second-order valence-electron chi connectivity index (χ2n) is 7.10. The summed E-state index contributed by atoms with van der Waals surface area (Å²) in [4.78, 5) is 43.9. The summed E-state index contributed by atoms with van der Waals surface area (Å²) < 4.78 is 6.00. The zero-order valence-electron chi connectivity index (χ0n) is 16.4. The van der Waals surface area contributed by atoms with Crippen molar-refractivity contribution in [3.63, 3.8) is 0 Å². The third kappa shape index (κ3) is 4.22. The molecule has 1 saturated heterocycles. The number of nitrogens with zero attached hydrogens (tertiary/aromatic N) is 3. The topological polar surface area (TPSA) is 81.5 Å². The molecule has 28 heavy (non-hydrogen) atoms. The van der Waals surface area contributed by atoms with E-state index < -0.39 is 5.97 Å². The van der Waals surface area contributed by atoms with Gasteiger partial charge < -0.3 is 9.64 Å². The summed E-state index contributed by atoms with van der Waals surface area (Å²) >= 11 is 1.19. The molecule has 150 valence electrons. The fraction of sp³-hybridized carbons (Fsp3) is 0.500. The first-order chi connectivity index (χ1) is 13.4. The number of amides is 1. The lowest BCUT2D eigenvalue weighted by Crippen LogP contribution is -2.48. The zero-order valence-corrected chi connectivity index (χ0v) is 17.2. The van der Waals surface area contributed by atoms with Crippen LogP contribution in [0.25, 0.3) is 10.9 Å². The molecular formula is C20H25N3O4S. The van der Waals surface area contributed by atoms with E-state index in [4.69, 9.17) is 4.74 Å². The minimum atomic E-state index is -0.536. The van der Waals surface area contributed by atoms with Gasteiger partial charge in [0.25, 0.3) is 5.56 Å². The van der Waals surface area contributed by atoms with Crippen LogP contribution >= 0.6 is 11.8 Å². The number of carbonyl (C=O) groups excluding carboxylic acids is 2. The molecule has 0 bridgehead atoms. The molecule has 0 saturated carbocycles. The fourth-order valence-electron chi connectivity index (χ4n) is 3.70. The van der Waals surface area contributed by atoms with Gasteiger partial charge >= 0.3 is 5.97 Å². The van der Waals surface area contributed by atoms with Crippen LogP contribution in [0.4, 0.5) is 0 Å². The Morgan fingerprint density at radius 2 is 1.89 bits per heavy atom. The lowest BCUT2D eigenvalue weighted by atomic mass is 9.98. The standard InChI is InChI=1S/C20H25N3O4S/c1-13-7-6-8-14(2)23(13)17(24)12-28-20-21-16-10-5-4-9-15(16)19(26)22(20)11-18(25)27-3/h4-5,9-10,13-14H,6-8,11-12H2,1-3H3/t13-,14-/m0/s1. The molecule has 0 N–H and O–H groups in total. The van der Waals surface area contributed by atoms with Gasteiger partial charge in [0.2, 0.25) is 5.91 Å². The summed E-state index contributed by atoms with van der Waals surface area (Å²) in [6.07, 6.45) is 3.13. The number of carbonyl (C=O) groups is 2. The quantitative estimate of drug-likeness (QED) is 0.433. The Kier molecular flexibility index (Phi) is 6.39. The molecule has 3 rings (SSSR count). The van der Waals surface area contributed by atoms with Crippen LogP contribution in [0.3, 0.4) is 0 Å². The van der Waals surface area contributed by atoms with Gasteiger partial charge in [-0.05, 0) is 45.2 Å². The molecule has 1 aromatic heterocycles. The lowest BCUT2D eigenvalue weighted by molar-refractivity contribution is -0.141. The number of fused-ring (bicyclic) bond motifs is 1. The van der Waals surface area contributed by atoms with Crippen molar-refractivity contribution in [3.8, 4) is 0 Å². The van der Waals surface area contributed by atoms with E-state index in [1.165, 1.54) is 23.4 Å². The van der Waals surface area contributed by atoms with Crippen LogP contribution < -0.4 is 5.56 Å². The first-order valence-corrected chi connectivity index (χ1v) is 10.4. The van der Waals surface area contributed by atoms with Crippen molar-refractivity contribution in [2.75, 3.05) is 12.9 Å². The number of benzene rings is 1. The molecule has 1 aliphatic rings. The summed E-state index contributed by atoms with van der Waals surface area (Å²) in [5, 5.41) is 0.778. The van der Waals surface area contributed by atoms with Gasteiger partial charge in [0.1, 0.15) is 6.54 Å². The number of aromatic nitrogens is 2. The molecule has 2 aromatic rings. The number of thioether (sulfide) groups is 1. The minimum absolute atomic E-state index is 0.0247. The number of rotatable bonds is 5.